The van der Waals surface area contributed by atoms with Crippen LogP contribution < -0.4 is 16.1 Å². The molecule has 0 spiro atoms. The quantitative estimate of drug-likeness (QED) is 0.460. The van der Waals surface area contributed by atoms with Crippen molar-refractivity contribution < 1.29 is 23.5 Å². The number of carbonyl (C=O) groups excluding carboxylic acids is 2. The molecule has 2 fully saturated rings. The van der Waals surface area contributed by atoms with Crippen molar-refractivity contribution in [2.75, 3.05) is 13.6 Å². The van der Waals surface area contributed by atoms with Gasteiger partial charge >= 0.3 is 0 Å². The molecule has 4 rings (SSSR count). The Morgan fingerprint density at radius 2 is 2.06 bits per heavy atom. The number of rotatable bonds is 7. The SMILES string of the molecule is CCN(C(=O)c1[nH]cc(C(=O)NCc2ccc(F)cc2F)c(=O)c1O)[C@@]1(NC)CC[C@@H]2[C@H](C)[C@@H]21. The lowest BCUT2D eigenvalue weighted by molar-refractivity contribution is 0.0300. The van der Waals surface area contributed by atoms with Crippen molar-refractivity contribution in [2.24, 2.45) is 17.8 Å². The number of fused-ring (bicyclic) bond motifs is 1. The van der Waals surface area contributed by atoms with Crippen LogP contribution in [-0.4, -0.2) is 46.1 Å². The lowest BCUT2D eigenvalue weighted by Crippen LogP contribution is -2.60. The summed E-state index contributed by atoms with van der Waals surface area (Å²) in [6.07, 6.45) is 2.82. The molecule has 0 radical (unpaired) electrons. The molecule has 4 atom stereocenters. The number of pyridine rings is 1. The summed E-state index contributed by atoms with van der Waals surface area (Å²) in [6, 6.07) is 2.92. The van der Waals surface area contributed by atoms with Crippen LogP contribution in [0.2, 0.25) is 0 Å². The molecule has 1 aromatic heterocycles. The number of hydrogen-bond acceptors (Lipinski definition) is 5. The number of amides is 2. The molecule has 4 N–H and O–H groups in total. The first-order valence-electron chi connectivity index (χ1n) is 11.3. The number of halogens is 2. The van der Waals surface area contributed by atoms with Crippen LogP contribution in [0.1, 0.15) is 53.1 Å². The maximum Gasteiger partial charge on any atom is 0.275 e. The number of aromatic nitrogens is 1. The van der Waals surface area contributed by atoms with Crippen LogP contribution in [0.15, 0.2) is 29.2 Å². The fourth-order valence-electron chi connectivity index (χ4n) is 5.60. The van der Waals surface area contributed by atoms with E-state index in [4.69, 9.17) is 0 Å². The van der Waals surface area contributed by atoms with Crippen molar-refractivity contribution in [3.63, 3.8) is 0 Å². The summed E-state index contributed by atoms with van der Waals surface area (Å²) in [7, 11) is 1.81. The highest BCUT2D eigenvalue weighted by molar-refractivity contribution is 5.98. The van der Waals surface area contributed by atoms with E-state index in [0.717, 1.165) is 25.1 Å². The van der Waals surface area contributed by atoms with Crippen molar-refractivity contribution in [3.05, 3.63) is 63.1 Å². The van der Waals surface area contributed by atoms with Crippen LogP contribution in [0, 0.1) is 29.4 Å². The Morgan fingerprint density at radius 1 is 1.32 bits per heavy atom. The molecule has 0 unspecified atom stereocenters. The number of aromatic amines is 1. The Balaban J connectivity index is 1.55. The van der Waals surface area contributed by atoms with Gasteiger partial charge < -0.3 is 20.3 Å². The number of nitrogens with one attached hydrogen (secondary N) is 3. The molecule has 34 heavy (non-hydrogen) atoms. The van der Waals surface area contributed by atoms with Gasteiger partial charge in [0.2, 0.25) is 5.43 Å². The summed E-state index contributed by atoms with van der Waals surface area (Å²) < 4.78 is 26.8. The van der Waals surface area contributed by atoms with Crippen molar-refractivity contribution in [3.8, 4) is 5.75 Å². The molecule has 0 saturated heterocycles. The van der Waals surface area contributed by atoms with Crippen LogP contribution in [-0.2, 0) is 6.54 Å². The summed E-state index contributed by atoms with van der Waals surface area (Å²) >= 11 is 0. The van der Waals surface area contributed by atoms with E-state index in [0.29, 0.717) is 30.4 Å². The van der Waals surface area contributed by atoms with Gasteiger partial charge in [-0.1, -0.05) is 13.0 Å². The van der Waals surface area contributed by atoms with Gasteiger partial charge in [-0.05, 0) is 44.7 Å². The highest BCUT2D eigenvalue weighted by Gasteiger charge is 2.65. The normalized spacial score (nSPS) is 25.0. The van der Waals surface area contributed by atoms with E-state index in [1.807, 2.05) is 14.0 Å². The second-order valence-electron chi connectivity index (χ2n) is 8.98. The van der Waals surface area contributed by atoms with Crippen molar-refractivity contribution in [1.82, 2.24) is 20.5 Å². The lowest BCUT2D eigenvalue weighted by atomic mass is 9.97. The predicted molar refractivity (Wildman–Crippen MR) is 120 cm³/mol. The molecule has 2 aromatic rings. The van der Waals surface area contributed by atoms with E-state index in [1.165, 1.54) is 6.07 Å². The van der Waals surface area contributed by atoms with Gasteiger partial charge in [0.15, 0.2) is 11.4 Å². The molecular formula is C24H28F2N4O4. The maximum atomic E-state index is 13.8. The number of benzene rings is 1. The molecule has 182 valence electrons. The van der Waals surface area contributed by atoms with Gasteiger partial charge in [0.25, 0.3) is 11.8 Å². The van der Waals surface area contributed by atoms with Crippen molar-refractivity contribution >= 4 is 11.8 Å². The summed E-state index contributed by atoms with van der Waals surface area (Å²) in [5.41, 5.74) is -2.27. The summed E-state index contributed by atoms with van der Waals surface area (Å²) in [5, 5.41) is 16.2. The third kappa shape index (κ3) is 3.75. The Morgan fingerprint density at radius 3 is 2.65 bits per heavy atom. The molecular weight excluding hydrogens is 446 g/mol. The average molecular weight is 475 g/mol. The third-order valence-electron chi connectivity index (χ3n) is 7.42. The molecule has 0 aliphatic heterocycles. The van der Waals surface area contributed by atoms with Gasteiger partial charge in [-0.2, -0.15) is 0 Å². The molecule has 1 aromatic carbocycles. The largest absolute Gasteiger partial charge is 0.503 e. The van der Waals surface area contributed by atoms with Gasteiger partial charge in [-0.15, -0.1) is 0 Å². The van der Waals surface area contributed by atoms with E-state index in [9.17, 15) is 28.3 Å². The van der Waals surface area contributed by atoms with Crippen molar-refractivity contribution in [2.45, 2.75) is 38.9 Å². The third-order valence-corrected chi connectivity index (χ3v) is 7.42. The van der Waals surface area contributed by atoms with Crippen LogP contribution in [0.4, 0.5) is 8.78 Å². The van der Waals surface area contributed by atoms with Crippen molar-refractivity contribution in [1.29, 1.82) is 0 Å². The number of nitrogens with zero attached hydrogens (tertiary/aromatic N) is 1. The molecule has 2 aliphatic carbocycles. The van der Waals surface area contributed by atoms with Crippen LogP contribution >= 0.6 is 0 Å². The van der Waals surface area contributed by atoms with E-state index < -0.39 is 45.9 Å². The zero-order chi connectivity index (χ0) is 24.8. The van der Waals surface area contributed by atoms with E-state index in [2.05, 4.69) is 22.5 Å². The first-order chi connectivity index (χ1) is 16.2. The van der Waals surface area contributed by atoms with Gasteiger partial charge in [-0.25, -0.2) is 8.78 Å². The minimum Gasteiger partial charge on any atom is -0.503 e. The highest BCUT2D eigenvalue weighted by atomic mass is 19.1. The second kappa shape index (κ2) is 8.83. The maximum absolute atomic E-state index is 13.8. The zero-order valence-corrected chi connectivity index (χ0v) is 19.2. The molecule has 2 amide bonds. The Kier molecular flexibility index (Phi) is 6.20. The minimum atomic E-state index is -1.02. The molecule has 1 heterocycles. The van der Waals surface area contributed by atoms with Gasteiger partial charge in [-0.3, -0.25) is 19.7 Å². The predicted octanol–water partition coefficient (Wildman–Crippen LogP) is 2.34. The average Bonchev–Trinajstić information content (AvgIpc) is 3.29. The Hall–Kier alpha value is -3.27. The molecule has 2 aliphatic rings. The first kappa shape index (κ1) is 23.9. The summed E-state index contributed by atoms with van der Waals surface area (Å²) in [4.78, 5) is 42.9. The van der Waals surface area contributed by atoms with E-state index in [-0.39, 0.29) is 17.8 Å². The van der Waals surface area contributed by atoms with Crippen LogP contribution in [0.25, 0.3) is 0 Å². The number of aromatic hydroxyl groups is 1. The molecule has 8 nitrogen and oxygen atoms in total. The zero-order valence-electron chi connectivity index (χ0n) is 19.2. The van der Waals surface area contributed by atoms with Gasteiger partial charge in [0.05, 0.1) is 5.66 Å². The summed E-state index contributed by atoms with van der Waals surface area (Å²) in [5.74, 6) is -2.53. The molecule has 2 saturated carbocycles. The number of H-pyrrole nitrogens is 1. The Labute approximate surface area is 195 Å². The first-order valence-corrected chi connectivity index (χ1v) is 11.3. The van der Waals surface area contributed by atoms with E-state index in [1.54, 1.807) is 4.90 Å². The number of hydrogen-bond donors (Lipinski definition) is 4. The minimum absolute atomic E-state index is 0.0299. The summed E-state index contributed by atoms with van der Waals surface area (Å²) in [6.45, 7) is 4.07. The molecule has 10 heteroatoms. The monoisotopic (exact) mass is 474 g/mol. The van der Waals surface area contributed by atoms with Crippen LogP contribution in [0.3, 0.4) is 0 Å². The molecule has 0 bridgehead atoms. The fraction of sp³-hybridized carbons (Fsp3) is 0.458. The second-order valence-corrected chi connectivity index (χ2v) is 8.98. The van der Waals surface area contributed by atoms with E-state index >= 15 is 0 Å². The Bertz CT molecular complexity index is 1200. The number of carbonyl (C=O) groups is 2. The standard InChI is InChI=1S/C24H28F2N4O4/c1-4-30(24(27-3)8-7-15-12(2)18(15)24)23(34)19-21(32)20(31)16(11-28-19)22(33)29-10-13-5-6-14(25)9-17(13)26/h5-6,9,11-12,15,18,27,32H,4,7-8,10H2,1-3H3,(H,28,31)(H,29,33)/t12-,15+,18-,24-/m0/s1. The fourth-order valence-corrected chi connectivity index (χ4v) is 5.60. The topological polar surface area (TPSA) is 115 Å². The lowest BCUT2D eigenvalue weighted by Gasteiger charge is -2.43. The highest BCUT2D eigenvalue weighted by Crippen LogP contribution is 2.62. The van der Waals surface area contributed by atoms with Crippen LogP contribution in [0.5, 0.6) is 5.75 Å². The smallest absolute Gasteiger partial charge is 0.275 e. The van der Waals surface area contributed by atoms with Gasteiger partial charge in [0, 0.05) is 36.8 Å². The van der Waals surface area contributed by atoms with Gasteiger partial charge in [0.1, 0.15) is 17.2 Å².